The number of carbonyl (C=O) groups is 1. The highest BCUT2D eigenvalue weighted by molar-refractivity contribution is 5.91. The molecule has 86 valence electrons. The third-order valence-electron chi connectivity index (χ3n) is 2.51. The molecule has 1 heterocycles. The molecule has 0 unspecified atom stereocenters. The van der Waals surface area contributed by atoms with Crippen LogP contribution < -0.4 is 11.1 Å². The van der Waals surface area contributed by atoms with E-state index >= 15 is 0 Å². The van der Waals surface area contributed by atoms with E-state index in [0.29, 0.717) is 0 Å². The summed E-state index contributed by atoms with van der Waals surface area (Å²) in [4.78, 5) is 21.2. The summed E-state index contributed by atoms with van der Waals surface area (Å²) in [6.07, 6.45) is 1.46. The van der Waals surface area contributed by atoms with Crippen LogP contribution in [0.1, 0.15) is 23.4 Å². The van der Waals surface area contributed by atoms with E-state index in [1.807, 2.05) is 0 Å². The lowest BCUT2D eigenvalue weighted by Gasteiger charge is -2.32. The number of carbonyl (C=O) groups excluding carboxylic acids is 1. The maximum atomic E-state index is 11.5. The van der Waals surface area contributed by atoms with E-state index in [0.717, 1.165) is 18.9 Å². The SMILES string of the molecule is NC1CC(NC(=O)c2ccc([N+](=O)[O-])o2)C1. The van der Waals surface area contributed by atoms with Crippen molar-refractivity contribution in [3.05, 3.63) is 28.0 Å². The molecule has 1 saturated carbocycles. The third-order valence-corrected chi connectivity index (χ3v) is 2.51. The summed E-state index contributed by atoms with van der Waals surface area (Å²) < 4.78 is 4.76. The minimum atomic E-state index is -0.684. The van der Waals surface area contributed by atoms with Gasteiger partial charge in [-0.1, -0.05) is 0 Å². The lowest BCUT2D eigenvalue weighted by Crippen LogP contribution is -2.50. The van der Waals surface area contributed by atoms with E-state index < -0.39 is 16.7 Å². The van der Waals surface area contributed by atoms with Crippen molar-refractivity contribution in [2.75, 3.05) is 0 Å². The fourth-order valence-electron chi connectivity index (χ4n) is 1.58. The summed E-state index contributed by atoms with van der Waals surface area (Å²) in [6.45, 7) is 0. The Balaban J connectivity index is 1.95. The van der Waals surface area contributed by atoms with Crippen LogP contribution in [0.2, 0.25) is 0 Å². The molecule has 1 aliphatic carbocycles. The molecule has 2 rings (SSSR count). The van der Waals surface area contributed by atoms with Gasteiger partial charge < -0.3 is 15.5 Å². The van der Waals surface area contributed by atoms with E-state index in [1.165, 1.54) is 6.07 Å². The van der Waals surface area contributed by atoms with Crippen LogP contribution in [0.15, 0.2) is 16.5 Å². The van der Waals surface area contributed by atoms with Gasteiger partial charge in [-0.05, 0) is 18.9 Å². The summed E-state index contributed by atoms with van der Waals surface area (Å²) in [6, 6.07) is 2.62. The number of nitrogens with zero attached hydrogens (tertiary/aromatic N) is 1. The second-order valence-corrected chi connectivity index (χ2v) is 3.80. The van der Waals surface area contributed by atoms with Gasteiger partial charge in [-0.2, -0.15) is 0 Å². The van der Waals surface area contributed by atoms with E-state index in [9.17, 15) is 14.9 Å². The van der Waals surface area contributed by atoms with Gasteiger partial charge in [-0.15, -0.1) is 0 Å². The van der Waals surface area contributed by atoms with Crippen molar-refractivity contribution in [1.82, 2.24) is 5.32 Å². The van der Waals surface area contributed by atoms with Gasteiger partial charge in [0.15, 0.2) is 5.76 Å². The monoisotopic (exact) mass is 225 g/mol. The highest BCUT2D eigenvalue weighted by Crippen LogP contribution is 2.19. The lowest BCUT2D eigenvalue weighted by molar-refractivity contribution is -0.402. The first kappa shape index (κ1) is 10.6. The predicted octanol–water partition coefficient (Wildman–Crippen LogP) is 0.407. The van der Waals surface area contributed by atoms with E-state index in [4.69, 9.17) is 10.2 Å². The molecule has 0 saturated heterocycles. The number of hydrogen-bond donors (Lipinski definition) is 2. The van der Waals surface area contributed by atoms with Crippen LogP contribution in [0, 0.1) is 10.1 Å². The molecule has 7 nitrogen and oxygen atoms in total. The van der Waals surface area contributed by atoms with Crippen LogP contribution in [0.3, 0.4) is 0 Å². The van der Waals surface area contributed by atoms with Crippen molar-refractivity contribution in [3.63, 3.8) is 0 Å². The maximum Gasteiger partial charge on any atom is 0.433 e. The van der Waals surface area contributed by atoms with Crippen molar-refractivity contribution in [1.29, 1.82) is 0 Å². The lowest BCUT2D eigenvalue weighted by atomic mass is 9.87. The van der Waals surface area contributed by atoms with Gasteiger partial charge in [0.05, 0.1) is 6.07 Å². The highest BCUT2D eigenvalue weighted by atomic mass is 16.6. The van der Waals surface area contributed by atoms with E-state index in [-0.39, 0.29) is 17.8 Å². The average Bonchev–Trinajstić information content (AvgIpc) is 2.63. The Labute approximate surface area is 90.7 Å². The Hall–Kier alpha value is -1.89. The minimum absolute atomic E-state index is 0.0478. The van der Waals surface area contributed by atoms with Crippen molar-refractivity contribution >= 4 is 11.8 Å². The molecule has 7 heteroatoms. The zero-order chi connectivity index (χ0) is 11.7. The number of furan rings is 1. The topological polar surface area (TPSA) is 111 Å². The van der Waals surface area contributed by atoms with Crippen molar-refractivity contribution in [2.24, 2.45) is 5.73 Å². The fourth-order valence-corrected chi connectivity index (χ4v) is 1.58. The zero-order valence-electron chi connectivity index (χ0n) is 8.38. The standard InChI is InChI=1S/C9H11N3O4/c10-5-3-6(4-5)11-9(13)7-1-2-8(16-7)12(14)15/h1-2,5-6H,3-4,10H2,(H,11,13). The molecule has 0 aliphatic heterocycles. The highest BCUT2D eigenvalue weighted by Gasteiger charge is 2.28. The summed E-state index contributed by atoms with van der Waals surface area (Å²) in [7, 11) is 0. The summed E-state index contributed by atoms with van der Waals surface area (Å²) in [5.74, 6) is -0.923. The molecule has 0 aromatic carbocycles. The van der Waals surface area contributed by atoms with Gasteiger partial charge in [0.25, 0.3) is 5.91 Å². The maximum absolute atomic E-state index is 11.5. The summed E-state index contributed by atoms with van der Waals surface area (Å²) in [5.41, 5.74) is 5.56. The third kappa shape index (κ3) is 2.03. The molecule has 0 radical (unpaired) electrons. The van der Waals surface area contributed by atoms with Gasteiger partial charge in [0.2, 0.25) is 0 Å². The van der Waals surface area contributed by atoms with Crippen LogP contribution in [0.4, 0.5) is 5.88 Å². The van der Waals surface area contributed by atoms with Crippen molar-refractivity contribution < 1.29 is 14.1 Å². The molecule has 1 aliphatic rings. The van der Waals surface area contributed by atoms with Gasteiger partial charge in [-0.25, -0.2) is 0 Å². The average molecular weight is 225 g/mol. The number of rotatable bonds is 3. The predicted molar refractivity (Wildman–Crippen MR) is 53.8 cm³/mol. The largest absolute Gasteiger partial charge is 0.433 e. The van der Waals surface area contributed by atoms with E-state index in [1.54, 1.807) is 0 Å². The molecule has 1 fully saturated rings. The van der Waals surface area contributed by atoms with E-state index in [2.05, 4.69) is 5.32 Å². The zero-order valence-corrected chi connectivity index (χ0v) is 8.38. The molecular weight excluding hydrogens is 214 g/mol. The number of hydrogen-bond acceptors (Lipinski definition) is 5. The van der Waals surface area contributed by atoms with Gasteiger partial charge in [0, 0.05) is 12.1 Å². The van der Waals surface area contributed by atoms with Gasteiger partial charge in [-0.3, -0.25) is 14.9 Å². The van der Waals surface area contributed by atoms with Crippen LogP contribution in [0.5, 0.6) is 0 Å². The molecule has 3 N–H and O–H groups in total. The molecule has 0 atom stereocenters. The molecule has 16 heavy (non-hydrogen) atoms. The Morgan fingerprint density at radius 2 is 2.25 bits per heavy atom. The molecular formula is C9H11N3O4. The molecule has 0 bridgehead atoms. The quantitative estimate of drug-likeness (QED) is 0.571. The second-order valence-electron chi connectivity index (χ2n) is 3.80. The Bertz CT molecular complexity index is 422. The Morgan fingerprint density at radius 1 is 1.56 bits per heavy atom. The number of amides is 1. The number of nitrogens with one attached hydrogen (secondary N) is 1. The van der Waals surface area contributed by atoms with Crippen LogP contribution in [-0.4, -0.2) is 22.9 Å². The first-order valence-electron chi connectivity index (χ1n) is 4.87. The summed E-state index contributed by atoms with van der Waals surface area (Å²) >= 11 is 0. The second kappa shape index (κ2) is 3.93. The van der Waals surface area contributed by atoms with Gasteiger partial charge >= 0.3 is 5.88 Å². The Kier molecular flexibility index (Phi) is 2.61. The first-order valence-corrected chi connectivity index (χ1v) is 4.87. The van der Waals surface area contributed by atoms with Crippen molar-refractivity contribution in [3.8, 4) is 0 Å². The molecule has 1 aromatic rings. The fraction of sp³-hybridized carbons (Fsp3) is 0.444. The summed E-state index contributed by atoms with van der Waals surface area (Å²) in [5, 5.41) is 13.0. The number of nitro groups is 1. The first-order chi connectivity index (χ1) is 7.56. The van der Waals surface area contributed by atoms with Crippen LogP contribution in [-0.2, 0) is 0 Å². The molecule has 1 amide bonds. The molecule has 0 spiro atoms. The van der Waals surface area contributed by atoms with Gasteiger partial charge in [0.1, 0.15) is 4.92 Å². The normalized spacial score (nSPS) is 23.6. The van der Waals surface area contributed by atoms with Crippen LogP contribution in [0.25, 0.3) is 0 Å². The van der Waals surface area contributed by atoms with Crippen LogP contribution >= 0.6 is 0 Å². The minimum Gasteiger partial charge on any atom is -0.395 e. The smallest absolute Gasteiger partial charge is 0.395 e. The van der Waals surface area contributed by atoms with Crippen molar-refractivity contribution in [2.45, 2.75) is 24.9 Å². The Morgan fingerprint density at radius 3 is 2.75 bits per heavy atom. The molecule has 1 aromatic heterocycles. The number of nitrogens with two attached hydrogens (primary N) is 1.